The highest BCUT2D eigenvalue weighted by Gasteiger charge is 2.51. The highest BCUT2D eigenvalue weighted by molar-refractivity contribution is 6.36. The van der Waals surface area contributed by atoms with Gasteiger partial charge in [0.25, 0.3) is 5.91 Å². The number of benzene rings is 2. The third-order valence-corrected chi connectivity index (χ3v) is 7.12. The second kappa shape index (κ2) is 12.4. The normalized spacial score (nSPS) is 20.9. The standard InChI is InChI=1S/C29H31FN2O8/c1-3-22(35)29(38)32(9-7-16-5-4-6-18(30)11-16)21-14-20(28(37)31-8-10-33)24-19-12-17(15-34)13-23(39-2)26(19)40-27(24)25(21)36/h4-6,11-15,21,24-25,27,33,36H,3,7-10H2,1-2H3,(H,31,37). The van der Waals surface area contributed by atoms with Crippen molar-refractivity contribution in [2.45, 2.75) is 43.9 Å². The number of nitrogens with zero attached hydrogens (tertiary/aromatic N) is 1. The van der Waals surface area contributed by atoms with Gasteiger partial charge in [0.05, 0.1) is 25.7 Å². The molecule has 2 aromatic rings. The Kier molecular flexibility index (Phi) is 8.96. The first-order valence-corrected chi connectivity index (χ1v) is 12.9. The van der Waals surface area contributed by atoms with Gasteiger partial charge in [0, 0.05) is 36.2 Å². The van der Waals surface area contributed by atoms with Crippen molar-refractivity contribution in [2.24, 2.45) is 0 Å². The van der Waals surface area contributed by atoms with Crippen molar-refractivity contribution in [3.8, 4) is 11.5 Å². The van der Waals surface area contributed by atoms with Crippen LogP contribution in [0.1, 0.15) is 40.7 Å². The number of carbonyl (C=O) groups excluding carboxylic acids is 4. The number of amides is 2. The number of methoxy groups -OCH3 is 1. The molecule has 0 fully saturated rings. The van der Waals surface area contributed by atoms with Crippen LogP contribution in [-0.4, -0.2) is 84.1 Å². The molecule has 10 nitrogen and oxygen atoms in total. The molecule has 1 aliphatic carbocycles. The SMILES string of the molecule is CCC(=O)C(=O)N(CCc1cccc(F)c1)C1C=C(C(=O)NCCO)C2c3cc(C=O)cc(OC)c3OC2C1O. The molecule has 212 valence electrons. The first-order valence-electron chi connectivity index (χ1n) is 12.9. The lowest BCUT2D eigenvalue weighted by molar-refractivity contribution is -0.148. The maximum atomic E-state index is 13.8. The number of aldehydes is 1. The molecule has 40 heavy (non-hydrogen) atoms. The van der Waals surface area contributed by atoms with Gasteiger partial charge in [-0.25, -0.2) is 4.39 Å². The average molecular weight is 555 g/mol. The molecule has 11 heteroatoms. The van der Waals surface area contributed by atoms with Crippen molar-refractivity contribution < 1.29 is 43.3 Å². The number of rotatable bonds is 11. The summed E-state index contributed by atoms with van der Waals surface area (Å²) in [5, 5.41) is 23.4. The summed E-state index contributed by atoms with van der Waals surface area (Å²) in [7, 11) is 1.39. The number of hydrogen-bond donors (Lipinski definition) is 3. The van der Waals surface area contributed by atoms with Gasteiger partial charge in [-0.2, -0.15) is 0 Å². The molecule has 1 heterocycles. The molecule has 0 saturated carbocycles. The summed E-state index contributed by atoms with van der Waals surface area (Å²) in [6.07, 6.45) is -0.324. The Hall–Kier alpha value is -4.09. The quantitative estimate of drug-likeness (QED) is 0.279. The molecule has 2 aromatic carbocycles. The molecule has 0 radical (unpaired) electrons. The summed E-state index contributed by atoms with van der Waals surface area (Å²) >= 11 is 0. The van der Waals surface area contributed by atoms with E-state index >= 15 is 0 Å². The van der Waals surface area contributed by atoms with E-state index in [9.17, 15) is 33.8 Å². The van der Waals surface area contributed by atoms with Crippen molar-refractivity contribution in [3.05, 3.63) is 70.6 Å². The summed E-state index contributed by atoms with van der Waals surface area (Å²) in [5.74, 6) is -2.95. The molecule has 2 amide bonds. The molecule has 2 aliphatic rings. The summed E-state index contributed by atoms with van der Waals surface area (Å²) in [6, 6.07) is 7.67. The van der Waals surface area contributed by atoms with Crippen molar-refractivity contribution in [1.29, 1.82) is 0 Å². The first-order chi connectivity index (χ1) is 19.2. The van der Waals surface area contributed by atoms with Gasteiger partial charge in [0.2, 0.25) is 11.7 Å². The molecule has 0 bridgehead atoms. The van der Waals surface area contributed by atoms with E-state index in [-0.39, 0.29) is 55.2 Å². The zero-order valence-corrected chi connectivity index (χ0v) is 22.1. The number of fused-ring (bicyclic) bond motifs is 3. The number of aliphatic hydroxyl groups is 2. The topological polar surface area (TPSA) is 142 Å². The van der Waals surface area contributed by atoms with E-state index in [1.54, 1.807) is 12.1 Å². The Morgan fingerprint density at radius 2 is 2.00 bits per heavy atom. The Bertz CT molecular complexity index is 1340. The predicted molar refractivity (Wildman–Crippen MR) is 141 cm³/mol. The van der Waals surface area contributed by atoms with Crippen molar-refractivity contribution >= 4 is 23.9 Å². The van der Waals surface area contributed by atoms with Crippen LogP contribution in [0.2, 0.25) is 0 Å². The maximum Gasteiger partial charge on any atom is 0.290 e. The van der Waals surface area contributed by atoms with E-state index in [1.807, 2.05) is 0 Å². The lowest BCUT2D eigenvalue weighted by atomic mass is 9.77. The number of ether oxygens (including phenoxy) is 2. The number of nitrogens with one attached hydrogen (secondary N) is 1. The smallest absolute Gasteiger partial charge is 0.290 e. The van der Waals surface area contributed by atoms with Crippen molar-refractivity contribution in [3.63, 3.8) is 0 Å². The van der Waals surface area contributed by atoms with Gasteiger partial charge in [-0.05, 0) is 42.3 Å². The number of hydrogen-bond acceptors (Lipinski definition) is 8. The highest BCUT2D eigenvalue weighted by Crippen LogP contribution is 2.51. The third-order valence-electron chi connectivity index (χ3n) is 7.12. The first kappa shape index (κ1) is 28.9. The van der Waals surface area contributed by atoms with Gasteiger partial charge in [-0.1, -0.05) is 19.1 Å². The van der Waals surface area contributed by atoms with Gasteiger partial charge < -0.3 is 29.9 Å². The summed E-state index contributed by atoms with van der Waals surface area (Å²) < 4.78 is 25.3. The summed E-state index contributed by atoms with van der Waals surface area (Å²) in [5.41, 5.74) is 1.42. The number of ketones is 1. The van der Waals surface area contributed by atoms with Gasteiger partial charge in [0.15, 0.2) is 11.5 Å². The monoisotopic (exact) mass is 554 g/mol. The van der Waals surface area contributed by atoms with E-state index in [4.69, 9.17) is 9.47 Å². The lowest BCUT2D eigenvalue weighted by Crippen LogP contribution is -2.57. The van der Waals surface area contributed by atoms with Crippen LogP contribution in [0.3, 0.4) is 0 Å². The Morgan fingerprint density at radius 1 is 1.23 bits per heavy atom. The molecule has 0 aromatic heterocycles. The Balaban J connectivity index is 1.79. The molecule has 3 N–H and O–H groups in total. The van der Waals surface area contributed by atoms with Crippen LogP contribution in [-0.2, 0) is 20.8 Å². The third kappa shape index (κ3) is 5.61. The van der Waals surface area contributed by atoms with Crippen LogP contribution < -0.4 is 14.8 Å². The second-order valence-electron chi connectivity index (χ2n) is 9.56. The van der Waals surface area contributed by atoms with E-state index in [1.165, 1.54) is 49.3 Å². The molecular weight excluding hydrogens is 523 g/mol. The molecular formula is C29H31FN2O8. The van der Waals surface area contributed by atoms with Crippen LogP contribution in [0.5, 0.6) is 11.5 Å². The highest BCUT2D eigenvalue weighted by atomic mass is 19.1. The number of carbonyl (C=O) groups is 4. The zero-order valence-electron chi connectivity index (χ0n) is 22.1. The minimum atomic E-state index is -1.39. The van der Waals surface area contributed by atoms with Gasteiger partial charge in [0.1, 0.15) is 24.3 Å². The Labute approximate surface area is 230 Å². The number of Topliss-reactive ketones (excluding diaryl/α,β-unsaturated/α-hetero) is 1. The summed E-state index contributed by atoms with van der Waals surface area (Å²) in [6.45, 7) is 1.11. The maximum absolute atomic E-state index is 13.8. The summed E-state index contributed by atoms with van der Waals surface area (Å²) in [4.78, 5) is 51.9. The van der Waals surface area contributed by atoms with Crippen molar-refractivity contribution in [1.82, 2.24) is 10.2 Å². The van der Waals surface area contributed by atoms with Gasteiger partial charge in [-0.3, -0.25) is 19.2 Å². The van der Waals surface area contributed by atoms with E-state index < -0.39 is 47.6 Å². The van der Waals surface area contributed by atoms with Gasteiger partial charge >= 0.3 is 0 Å². The average Bonchev–Trinajstić information content (AvgIpc) is 3.35. The fraction of sp³-hybridized carbons (Fsp3) is 0.379. The number of halogens is 1. The number of aliphatic hydroxyl groups excluding tert-OH is 2. The molecule has 0 saturated heterocycles. The fourth-order valence-electron chi connectivity index (χ4n) is 5.20. The van der Waals surface area contributed by atoms with E-state index in [0.29, 0.717) is 17.4 Å². The predicted octanol–water partition coefficient (Wildman–Crippen LogP) is 1.32. The minimum absolute atomic E-state index is 0.0528. The van der Waals surface area contributed by atoms with E-state index in [0.717, 1.165) is 0 Å². The molecule has 0 spiro atoms. The van der Waals surface area contributed by atoms with Crippen LogP contribution in [0.15, 0.2) is 48.0 Å². The van der Waals surface area contributed by atoms with Crippen molar-refractivity contribution in [2.75, 3.05) is 26.8 Å². The largest absolute Gasteiger partial charge is 0.493 e. The Morgan fingerprint density at radius 3 is 2.65 bits per heavy atom. The van der Waals surface area contributed by atoms with Crippen LogP contribution in [0.4, 0.5) is 4.39 Å². The molecule has 4 atom stereocenters. The minimum Gasteiger partial charge on any atom is -0.493 e. The van der Waals surface area contributed by atoms with Crippen LogP contribution in [0.25, 0.3) is 0 Å². The van der Waals surface area contributed by atoms with Gasteiger partial charge in [-0.15, -0.1) is 0 Å². The second-order valence-corrected chi connectivity index (χ2v) is 9.56. The van der Waals surface area contributed by atoms with Crippen LogP contribution in [0, 0.1) is 5.82 Å². The fourth-order valence-corrected chi connectivity index (χ4v) is 5.20. The zero-order chi connectivity index (χ0) is 29.0. The molecule has 4 rings (SSSR count). The lowest BCUT2D eigenvalue weighted by Gasteiger charge is -2.40. The van der Waals surface area contributed by atoms with E-state index in [2.05, 4.69) is 5.32 Å². The molecule has 1 aliphatic heterocycles. The van der Waals surface area contributed by atoms with Crippen LogP contribution >= 0.6 is 0 Å². The molecule has 4 unspecified atom stereocenters.